The molecule has 2 aliphatic rings. The summed E-state index contributed by atoms with van der Waals surface area (Å²) in [5, 5.41) is 2.62. The number of amides is 1. The highest BCUT2D eigenvalue weighted by molar-refractivity contribution is 6.31. The normalized spacial score (nSPS) is 16.9. The Kier molecular flexibility index (Phi) is 4.34. The smallest absolute Gasteiger partial charge is 0.318 e. The van der Waals surface area contributed by atoms with E-state index in [1.807, 2.05) is 0 Å². The minimum atomic E-state index is -1.11. The average molecular weight is 395 g/mol. The van der Waals surface area contributed by atoms with E-state index < -0.39 is 23.6 Å². The lowest BCUT2D eigenvalue weighted by Crippen LogP contribution is -2.37. The van der Waals surface area contributed by atoms with Gasteiger partial charge in [0.1, 0.15) is 11.7 Å². The molecule has 8 nitrogen and oxygen atoms in total. The zero-order valence-electron chi connectivity index (χ0n) is 16.0. The molecule has 0 fully saturated rings. The SMILES string of the molecule is COC(=O)C1Cc2c(c(OC)c3c(c2OC)C(=O)c2ccccc2C3=O)NC1=O. The molecule has 1 atom stereocenters. The van der Waals surface area contributed by atoms with E-state index in [9.17, 15) is 19.2 Å². The number of benzene rings is 2. The first-order chi connectivity index (χ1) is 13.9. The van der Waals surface area contributed by atoms with Crippen molar-refractivity contribution >= 4 is 29.1 Å². The maximum Gasteiger partial charge on any atom is 0.318 e. The minimum absolute atomic E-state index is 0.0311. The van der Waals surface area contributed by atoms with Crippen molar-refractivity contribution in [2.75, 3.05) is 26.6 Å². The molecule has 1 amide bonds. The molecule has 2 aromatic rings. The largest absolute Gasteiger partial charge is 0.496 e. The van der Waals surface area contributed by atoms with Crippen LogP contribution in [-0.2, 0) is 20.7 Å². The van der Waals surface area contributed by atoms with Gasteiger partial charge in [-0.2, -0.15) is 0 Å². The molecule has 1 aliphatic heterocycles. The summed E-state index contributed by atoms with van der Waals surface area (Å²) in [4.78, 5) is 51.0. The Bertz CT molecular complexity index is 1100. The van der Waals surface area contributed by atoms with E-state index in [1.165, 1.54) is 21.3 Å². The molecule has 1 unspecified atom stereocenters. The third kappa shape index (κ3) is 2.52. The van der Waals surface area contributed by atoms with Gasteiger partial charge in [-0.3, -0.25) is 19.2 Å². The van der Waals surface area contributed by atoms with E-state index in [1.54, 1.807) is 24.3 Å². The van der Waals surface area contributed by atoms with E-state index in [2.05, 4.69) is 5.32 Å². The lowest BCUT2D eigenvalue weighted by molar-refractivity contribution is -0.148. The van der Waals surface area contributed by atoms with Gasteiger partial charge < -0.3 is 19.5 Å². The van der Waals surface area contributed by atoms with Gasteiger partial charge in [0.15, 0.2) is 17.3 Å². The summed E-state index contributed by atoms with van der Waals surface area (Å²) >= 11 is 0. The number of hydrogen-bond acceptors (Lipinski definition) is 7. The van der Waals surface area contributed by atoms with Gasteiger partial charge in [0.25, 0.3) is 0 Å². The van der Waals surface area contributed by atoms with E-state index in [4.69, 9.17) is 14.2 Å². The van der Waals surface area contributed by atoms with Crippen LogP contribution in [0.1, 0.15) is 37.4 Å². The maximum absolute atomic E-state index is 13.3. The molecule has 0 saturated carbocycles. The lowest BCUT2D eigenvalue weighted by Gasteiger charge is -2.30. The monoisotopic (exact) mass is 395 g/mol. The van der Waals surface area contributed by atoms with Crippen LogP contribution in [0.4, 0.5) is 5.69 Å². The fourth-order valence-electron chi connectivity index (χ4n) is 3.93. The molecule has 29 heavy (non-hydrogen) atoms. The first kappa shape index (κ1) is 18.7. The highest BCUT2D eigenvalue weighted by Crippen LogP contribution is 2.49. The van der Waals surface area contributed by atoms with Crippen LogP contribution in [-0.4, -0.2) is 44.8 Å². The molecule has 0 spiro atoms. The molecular weight excluding hydrogens is 378 g/mol. The minimum Gasteiger partial charge on any atom is -0.496 e. The van der Waals surface area contributed by atoms with Crippen molar-refractivity contribution < 1.29 is 33.4 Å². The zero-order valence-corrected chi connectivity index (χ0v) is 16.0. The lowest BCUT2D eigenvalue weighted by atomic mass is 9.79. The molecule has 0 saturated heterocycles. The Morgan fingerprint density at radius 2 is 1.48 bits per heavy atom. The number of ether oxygens (including phenoxy) is 3. The molecule has 8 heteroatoms. The van der Waals surface area contributed by atoms with Crippen LogP contribution in [0.5, 0.6) is 11.5 Å². The number of hydrogen-bond donors (Lipinski definition) is 1. The quantitative estimate of drug-likeness (QED) is 0.532. The number of nitrogens with one attached hydrogen (secondary N) is 1. The van der Waals surface area contributed by atoms with Crippen LogP contribution >= 0.6 is 0 Å². The summed E-state index contributed by atoms with van der Waals surface area (Å²) in [6.45, 7) is 0. The van der Waals surface area contributed by atoms with Crippen LogP contribution in [0.15, 0.2) is 24.3 Å². The van der Waals surface area contributed by atoms with Crippen LogP contribution in [0, 0.1) is 5.92 Å². The van der Waals surface area contributed by atoms with Crippen molar-refractivity contribution in [3.63, 3.8) is 0 Å². The van der Waals surface area contributed by atoms with Crippen LogP contribution < -0.4 is 14.8 Å². The fourth-order valence-corrected chi connectivity index (χ4v) is 3.93. The zero-order chi connectivity index (χ0) is 20.9. The Morgan fingerprint density at radius 1 is 0.931 bits per heavy atom. The number of carbonyl (C=O) groups is 4. The van der Waals surface area contributed by atoms with Gasteiger partial charge in [-0.25, -0.2) is 0 Å². The van der Waals surface area contributed by atoms with Gasteiger partial charge in [-0.1, -0.05) is 24.3 Å². The van der Waals surface area contributed by atoms with Gasteiger partial charge >= 0.3 is 5.97 Å². The van der Waals surface area contributed by atoms with Gasteiger partial charge in [0.05, 0.1) is 38.1 Å². The molecule has 0 bridgehead atoms. The second-order valence-corrected chi connectivity index (χ2v) is 6.64. The number of rotatable bonds is 3. The predicted octanol–water partition coefficient (Wildman–Crippen LogP) is 1.76. The van der Waals surface area contributed by atoms with Crippen molar-refractivity contribution in [1.29, 1.82) is 0 Å². The molecule has 1 N–H and O–H groups in total. The van der Waals surface area contributed by atoms with Crippen molar-refractivity contribution in [1.82, 2.24) is 0 Å². The Morgan fingerprint density at radius 3 is 2.00 bits per heavy atom. The molecule has 2 aromatic carbocycles. The molecule has 4 rings (SSSR count). The van der Waals surface area contributed by atoms with Crippen LogP contribution in [0.25, 0.3) is 0 Å². The summed E-state index contributed by atoms with van der Waals surface area (Å²) in [5.41, 5.74) is 1.22. The first-order valence-electron chi connectivity index (χ1n) is 8.82. The molecular formula is C21H17NO7. The predicted molar refractivity (Wildman–Crippen MR) is 101 cm³/mol. The van der Waals surface area contributed by atoms with Crippen molar-refractivity contribution in [3.8, 4) is 11.5 Å². The average Bonchev–Trinajstić information content (AvgIpc) is 2.74. The van der Waals surface area contributed by atoms with Gasteiger partial charge in [-0.15, -0.1) is 0 Å². The molecule has 1 aliphatic carbocycles. The van der Waals surface area contributed by atoms with Crippen molar-refractivity contribution in [2.45, 2.75) is 6.42 Å². The Hall–Kier alpha value is -3.68. The van der Waals surface area contributed by atoms with Gasteiger partial charge in [0.2, 0.25) is 5.91 Å². The number of anilines is 1. The van der Waals surface area contributed by atoms with E-state index in [-0.39, 0.29) is 51.6 Å². The molecule has 0 aromatic heterocycles. The number of fused-ring (bicyclic) bond motifs is 3. The van der Waals surface area contributed by atoms with Crippen molar-refractivity contribution in [2.24, 2.45) is 5.92 Å². The molecule has 148 valence electrons. The number of methoxy groups -OCH3 is 3. The van der Waals surface area contributed by atoms with E-state index in [0.29, 0.717) is 5.56 Å². The Labute approximate surface area is 165 Å². The molecule has 0 radical (unpaired) electrons. The van der Waals surface area contributed by atoms with Crippen molar-refractivity contribution in [3.05, 3.63) is 52.1 Å². The fraction of sp³-hybridized carbons (Fsp3) is 0.238. The highest BCUT2D eigenvalue weighted by Gasteiger charge is 2.43. The van der Waals surface area contributed by atoms with E-state index in [0.717, 1.165) is 0 Å². The summed E-state index contributed by atoms with van der Waals surface area (Å²) in [7, 11) is 3.90. The third-order valence-electron chi connectivity index (χ3n) is 5.24. The maximum atomic E-state index is 13.3. The molecule has 1 heterocycles. The summed E-state index contributed by atoms with van der Waals surface area (Å²) in [6, 6.07) is 6.48. The first-order valence-corrected chi connectivity index (χ1v) is 8.82. The topological polar surface area (TPSA) is 108 Å². The van der Waals surface area contributed by atoms with Crippen LogP contribution in [0.2, 0.25) is 0 Å². The van der Waals surface area contributed by atoms with E-state index >= 15 is 0 Å². The second kappa shape index (κ2) is 6.73. The highest BCUT2D eigenvalue weighted by atomic mass is 16.5. The van der Waals surface area contributed by atoms with Gasteiger partial charge in [0, 0.05) is 23.1 Å². The number of esters is 1. The standard InChI is InChI=1S/C21H17NO7/c1-27-18-11-8-12(21(26)29-3)20(25)22-15(11)19(28-2)14-13(18)16(23)9-6-4-5-7-10(9)17(14)24/h4-7,12H,8H2,1-3H3,(H,22,25). The summed E-state index contributed by atoms with van der Waals surface area (Å²) in [5.74, 6) is -2.99. The Balaban J connectivity index is 2.03. The second-order valence-electron chi connectivity index (χ2n) is 6.64. The summed E-state index contributed by atoms with van der Waals surface area (Å²) < 4.78 is 15.7. The number of carbonyl (C=O) groups excluding carboxylic acids is 4. The third-order valence-corrected chi connectivity index (χ3v) is 5.24. The number of ketones is 2. The summed E-state index contributed by atoms with van der Waals surface area (Å²) in [6.07, 6.45) is -0.0518. The van der Waals surface area contributed by atoms with Gasteiger partial charge in [-0.05, 0) is 0 Å². The van der Waals surface area contributed by atoms with Crippen LogP contribution in [0.3, 0.4) is 0 Å².